The average Bonchev–Trinajstić information content (AvgIpc) is 2.83. The van der Waals surface area contributed by atoms with Crippen LogP contribution in [0.25, 0.3) is 0 Å². The summed E-state index contributed by atoms with van der Waals surface area (Å²) in [5, 5.41) is 8.01. The molecule has 0 saturated carbocycles. The molecule has 0 aliphatic rings. The Morgan fingerprint density at radius 2 is 2.09 bits per heavy atom. The van der Waals surface area contributed by atoms with Crippen molar-refractivity contribution in [2.45, 2.75) is 33.4 Å². The summed E-state index contributed by atoms with van der Waals surface area (Å²) in [5.41, 5.74) is 3.10. The van der Waals surface area contributed by atoms with E-state index in [1.165, 1.54) is 0 Å². The van der Waals surface area contributed by atoms with Gasteiger partial charge in [-0.05, 0) is 38.0 Å². The number of carbonyl (C=O) groups is 1. The zero-order valence-electron chi connectivity index (χ0n) is 13.8. The van der Waals surface area contributed by atoms with Crippen molar-refractivity contribution in [3.8, 4) is 0 Å². The number of hydrogen-bond acceptors (Lipinski definition) is 2. The number of amides is 2. The van der Waals surface area contributed by atoms with Gasteiger partial charge in [0.15, 0.2) is 0 Å². The van der Waals surface area contributed by atoms with Gasteiger partial charge >= 0.3 is 6.03 Å². The number of aromatic nitrogens is 2. The Bertz CT molecular complexity index is 668. The summed E-state index contributed by atoms with van der Waals surface area (Å²) in [6.07, 6.45) is 0.841. The van der Waals surface area contributed by atoms with Gasteiger partial charge in [0.1, 0.15) is 0 Å². The van der Waals surface area contributed by atoms with Crippen LogP contribution < -0.4 is 5.32 Å². The van der Waals surface area contributed by atoms with E-state index in [0.29, 0.717) is 18.1 Å². The number of aryl methyl sites for hydroxylation is 3. The van der Waals surface area contributed by atoms with Gasteiger partial charge in [-0.15, -0.1) is 0 Å². The Kier molecular flexibility index (Phi) is 6.04. The second-order valence-corrected chi connectivity index (χ2v) is 6.09. The minimum Gasteiger partial charge on any atom is -0.338 e. The molecular formula is C17H23ClN4O. The molecule has 1 N–H and O–H groups in total. The summed E-state index contributed by atoms with van der Waals surface area (Å²) >= 11 is 6.12. The summed E-state index contributed by atoms with van der Waals surface area (Å²) < 4.78 is 1.97. The van der Waals surface area contributed by atoms with Crippen molar-refractivity contribution in [3.63, 3.8) is 0 Å². The average molecular weight is 335 g/mol. The van der Waals surface area contributed by atoms with Crippen molar-refractivity contribution in [2.75, 3.05) is 13.6 Å². The van der Waals surface area contributed by atoms with Gasteiger partial charge in [-0.1, -0.05) is 29.8 Å². The highest BCUT2D eigenvalue weighted by atomic mass is 35.5. The van der Waals surface area contributed by atoms with Crippen LogP contribution >= 0.6 is 11.6 Å². The van der Waals surface area contributed by atoms with Crippen LogP contribution in [0.4, 0.5) is 4.79 Å². The molecule has 0 atom stereocenters. The molecule has 0 aliphatic heterocycles. The molecule has 0 fully saturated rings. The summed E-state index contributed by atoms with van der Waals surface area (Å²) in [4.78, 5) is 13.7. The maximum atomic E-state index is 12.1. The normalized spacial score (nSPS) is 10.6. The van der Waals surface area contributed by atoms with Crippen LogP contribution in [0, 0.1) is 13.8 Å². The van der Waals surface area contributed by atoms with E-state index in [1.54, 1.807) is 11.9 Å². The fraction of sp³-hybridized carbons (Fsp3) is 0.412. The van der Waals surface area contributed by atoms with E-state index in [2.05, 4.69) is 16.5 Å². The number of halogens is 1. The van der Waals surface area contributed by atoms with Crippen molar-refractivity contribution in [2.24, 2.45) is 0 Å². The first-order chi connectivity index (χ1) is 11.0. The van der Waals surface area contributed by atoms with Crippen molar-refractivity contribution in [1.29, 1.82) is 0 Å². The van der Waals surface area contributed by atoms with Crippen LogP contribution in [0.1, 0.15) is 23.4 Å². The van der Waals surface area contributed by atoms with Crippen molar-refractivity contribution in [1.82, 2.24) is 20.0 Å². The third kappa shape index (κ3) is 4.99. The number of nitrogens with one attached hydrogen (secondary N) is 1. The lowest BCUT2D eigenvalue weighted by Gasteiger charge is -2.18. The fourth-order valence-corrected chi connectivity index (χ4v) is 2.61. The van der Waals surface area contributed by atoms with E-state index in [9.17, 15) is 4.79 Å². The molecule has 0 unspecified atom stereocenters. The zero-order valence-corrected chi connectivity index (χ0v) is 14.6. The van der Waals surface area contributed by atoms with Crippen LogP contribution in [0.15, 0.2) is 30.3 Å². The van der Waals surface area contributed by atoms with E-state index in [4.69, 9.17) is 11.6 Å². The van der Waals surface area contributed by atoms with Gasteiger partial charge in [-0.3, -0.25) is 4.68 Å². The molecule has 1 heterocycles. The number of urea groups is 1. The van der Waals surface area contributed by atoms with E-state index < -0.39 is 0 Å². The van der Waals surface area contributed by atoms with Crippen LogP contribution in [0.5, 0.6) is 0 Å². The molecule has 0 aliphatic carbocycles. The SMILES string of the molecule is Cc1cc(C)n(CCCNC(=O)N(C)Cc2ccccc2Cl)n1. The molecule has 0 saturated heterocycles. The largest absolute Gasteiger partial charge is 0.338 e. The van der Waals surface area contributed by atoms with Gasteiger partial charge in [0.25, 0.3) is 0 Å². The second-order valence-electron chi connectivity index (χ2n) is 5.68. The molecule has 2 amide bonds. The summed E-state index contributed by atoms with van der Waals surface area (Å²) in [7, 11) is 1.76. The minimum atomic E-state index is -0.0988. The van der Waals surface area contributed by atoms with Crippen LogP contribution in [0.2, 0.25) is 5.02 Å². The summed E-state index contributed by atoms with van der Waals surface area (Å²) in [6, 6.07) is 9.51. The zero-order chi connectivity index (χ0) is 16.8. The van der Waals surface area contributed by atoms with Gasteiger partial charge in [0.05, 0.1) is 5.69 Å². The molecule has 124 valence electrons. The van der Waals surface area contributed by atoms with E-state index in [1.807, 2.05) is 42.8 Å². The number of hydrogen-bond donors (Lipinski definition) is 1. The van der Waals surface area contributed by atoms with Crippen LogP contribution in [0.3, 0.4) is 0 Å². The molecule has 2 rings (SSSR count). The van der Waals surface area contributed by atoms with Gasteiger partial charge in [-0.2, -0.15) is 5.10 Å². The molecule has 0 bridgehead atoms. The summed E-state index contributed by atoms with van der Waals surface area (Å²) in [5.74, 6) is 0. The Labute approximate surface area is 142 Å². The monoisotopic (exact) mass is 334 g/mol. The molecular weight excluding hydrogens is 312 g/mol. The summed E-state index contributed by atoms with van der Waals surface area (Å²) in [6.45, 7) is 5.92. The first kappa shape index (κ1) is 17.3. The Morgan fingerprint density at radius 1 is 1.35 bits per heavy atom. The van der Waals surface area contributed by atoms with E-state index in [-0.39, 0.29) is 6.03 Å². The topological polar surface area (TPSA) is 50.2 Å². The predicted octanol–water partition coefficient (Wildman–Crippen LogP) is 3.39. The number of benzene rings is 1. The standard InChI is InChI=1S/C17H23ClN4O/c1-13-11-14(2)22(20-13)10-6-9-19-17(23)21(3)12-15-7-4-5-8-16(15)18/h4-5,7-8,11H,6,9-10,12H2,1-3H3,(H,19,23). The van der Waals surface area contributed by atoms with Gasteiger partial charge < -0.3 is 10.2 Å². The Morgan fingerprint density at radius 3 is 2.74 bits per heavy atom. The maximum Gasteiger partial charge on any atom is 0.317 e. The molecule has 0 radical (unpaired) electrons. The smallest absolute Gasteiger partial charge is 0.317 e. The lowest BCUT2D eigenvalue weighted by atomic mass is 10.2. The second kappa shape index (κ2) is 8.02. The Balaban J connectivity index is 1.74. The number of rotatable bonds is 6. The van der Waals surface area contributed by atoms with Crippen LogP contribution in [-0.4, -0.2) is 34.3 Å². The number of carbonyl (C=O) groups excluding carboxylic acids is 1. The quantitative estimate of drug-likeness (QED) is 0.823. The van der Waals surface area contributed by atoms with Crippen molar-refractivity contribution < 1.29 is 4.79 Å². The van der Waals surface area contributed by atoms with Crippen molar-refractivity contribution >= 4 is 17.6 Å². The highest BCUT2D eigenvalue weighted by molar-refractivity contribution is 6.31. The first-order valence-corrected chi connectivity index (χ1v) is 8.08. The lowest BCUT2D eigenvalue weighted by molar-refractivity contribution is 0.206. The number of nitrogens with zero attached hydrogens (tertiary/aromatic N) is 3. The molecule has 5 nitrogen and oxygen atoms in total. The molecule has 6 heteroatoms. The lowest BCUT2D eigenvalue weighted by Crippen LogP contribution is -2.37. The molecule has 1 aromatic heterocycles. The molecule has 23 heavy (non-hydrogen) atoms. The Hall–Kier alpha value is -2.01. The van der Waals surface area contributed by atoms with Gasteiger partial charge in [0, 0.05) is 37.4 Å². The molecule has 2 aromatic rings. The van der Waals surface area contributed by atoms with Crippen molar-refractivity contribution in [3.05, 3.63) is 52.3 Å². The van der Waals surface area contributed by atoms with Gasteiger partial charge in [0.2, 0.25) is 0 Å². The molecule has 0 spiro atoms. The molecule has 1 aromatic carbocycles. The highest BCUT2D eigenvalue weighted by Gasteiger charge is 2.10. The highest BCUT2D eigenvalue weighted by Crippen LogP contribution is 2.16. The van der Waals surface area contributed by atoms with E-state index in [0.717, 1.165) is 29.9 Å². The third-order valence-corrected chi connectivity index (χ3v) is 4.01. The van der Waals surface area contributed by atoms with Crippen LogP contribution in [-0.2, 0) is 13.1 Å². The predicted molar refractivity (Wildman–Crippen MR) is 92.6 cm³/mol. The third-order valence-electron chi connectivity index (χ3n) is 3.64. The van der Waals surface area contributed by atoms with E-state index >= 15 is 0 Å². The fourth-order valence-electron chi connectivity index (χ4n) is 2.41. The first-order valence-electron chi connectivity index (χ1n) is 7.71. The maximum absolute atomic E-state index is 12.1. The minimum absolute atomic E-state index is 0.0988. The van der Waals surface area contributed by atoms with Gasteiger partial charge in [-0.25, -0.2) is 4.79 Å².